The standard InChI is InChI=1S/C22H21FN2O4/c23-17-10-13(21(24)27)7-8-15(17)22(28)25-9-3-4-14(12-25)20-11-18(26)16-5-1-2-6-19(16)29-20/h1-2,5-8,10,14,20H,3-4,9,11-12H2,(H2,24,27)/t14-,20+/m0/s1. The number of hydrogen-bond donors (Lipinski definition) is 1. The quantitative estimate of drug-likeness (QED) is 0.864. The van der Waals surface area contributed by atoms with Crippen LogP contribution >= 0.6 is 0 Å². The van der Waals surface area contributed by atoms with Crippen LogP contribution in [0.15, 0.2) is 42.5 Å². The Bertz CT molecular complexity index is 991. The minimum absolute atomic E-state index is 0.0158. The normalized spacial score (nSPS) is 21.3. The number of nitrogens with zero attached hydrogens (tertiary/aromatic N) is 1. The zero-order valence-electron chi connectivity index (χ0n) is 15.8. The molecule has 2 aromatic carbocycles. The van der Waals surface area contributed by atoms with E-state index in [-0.39, 0.29) is 35.4 Å². The van der Waals surface area contributed by atoms with Crippen LogP contribution in [0.25, 0.3) is 0 Å². The summed E-state index contributed by atoms with van der Waals surface area (Å²) in [6.07, 6.45) is 1.53. The number of carbonyl (C=O) groups is 3. The summed E-state index contributed by atoms with van der Waals surface area (Å²) >= 11 is 0. The first-order valence-corrected chi connectivity index (χ1v) is 9.61. The number of Topliss-reactive ketones (excluding diaryl/α,β-unsaturated/α-hetero) is 1. The number of ketones is 1. The van der Waals surface area contributed by atoms with Gasteiger partial charge in [0.05, 0.1) is 11.1 Å². The zero-order valence-corrected chi connectivity index (χ0v) is 15.8. The molecule has 2 heterocycles. The molecule has 2 aromatic rings. The Morgan fingerprint density at radius 2 is 1.97 bits per heavy atom. The van der Waals surface area contributed by atoms with E-state index in [0.29, 0.717) is 24.4 Å². The van der Waals surface area contributed by atoms with Gasteiger partial charge in [-0.25, -0.2) is 4.39 Å². The molecule has 0 radical (unpaired) electrons. The molecule has 0 unspecified atom stereocenters. The van der Waals surface area contributed by atoms with Gasteiger partial charge >= 0.3 is 0 Å². The van der Waals surface area contributed by atoms with Crippen LogP contribution in [-0.2, 0) is 0 Å². The maximum absolute atomic E-state index is 14.4. The number of primary amides is 1. The van der Waals surface area contributed by atoms with E-state index in [1.54, 1.807) is 23.1 Å². The summed E-state index contributed by atoms with van der Waals surface area (Å²) in [4.78, 5) is 38.1. The van der Waals surface area contributed by atoms with Gasteiger partial charge in [0.15, 0.2) is 5.78 Å². The average molecular weight is 396 g/mol. The van der Waals surface area contributed by atoms with Crippen molar-refractivity contribution in [2.45, 2.75) is 25.4 Å². The molecule has 2 aliphatic heterocycles. The third-order valence-electron chi connectivity index (χ3n) is 5.61. The molecule has 1 saturated heterocycles. The Morgan fingerprint density at radius 1 is 1.17 bits per heavy atom. The highest BCUT2D eigenvalue weighted by Crippen LogP contribution is 2.33. The number of piperidine rings is 1. The maximum atomic E-state index is 14.4. The van der Waals surface area contributed by atoms with E-state index in [9.17, 15) is 18.8 Å². The second-order valence-corrected chi connectivity index (χ2v) is 7.49. The predicted octanol–water partition coefficient (Wildman–Crippen LogP) is 2.81. The molecule has 7 heteroatoms. The van der Waals surface area contributed by atoms with Crippen LogP contribution < -0.4 is 10.5 Å². The number of carbonyl (C=O) groups excluding carboxylic acids is 3. The van der Waals surface area contributed by atoms with Gasteiger partial charge in [-0.1, -0.05) is 12.1 Å². The Balaban J connectivity index is 1.50. The molecule has 2 aliphatic rings. The van der Waals surface area contributed by atoms with Gasteiger partial charge in [-0.3, -0.25) is 14.4 Å². The first-order chi connectivity index (χ1) is 13.9. The largest absolute Gasteiger partial charge is 0.489 e. The number of benzene rings is 2. The second kappa shape index (κ2) is 7.66. The molecule has 0 aliphatic carbocycles. The summed E-state index contributed by atoms with van der Waals surface area (Å²) in [6, 6.07) is 10.8. The molecule has 6 nitrogen and oxygen atoms in total. The molecule has 150 valence electrons. The fourth-order valence-corrected chi connectivity index (χ4v) is 4.07. The molecular formula is C22H21FN2O4. The maximum Gasteiger partial charge on any atom is 0.256 e. The zero-order chi connectivity index (χ0) is 20.5. The van der Waals surface area contributed by atoms with Crippen molar-refractivity contribution in [2.24, 2.45) is 11.7 Å². The highest BCUT2D eigenvalue weighted by atomic mass is 19.1. The summed E-state index contributed by atoms with van der Waals surface area (Å²) in [7, 11) is 0. The lowest BCUT2D eigenvalue weighted by atomic mass is 9.86. The van der Waals surface area contributed by atoms with Crippen molar-refractivity contribution in [3.63, 3.8) is 0 Å². The highest BCUT2D eigenvalue weighted by Gasteiger charge is 2.36. The van der Waals surface area contributed by atoms with E-state index >= 15 is 0 Å². The van der Waals surface area contributed by atoms with E-state index in [1.165, 1.54) is 12.1 Å². The number of ether oxygens (including phenoxy) is 1. The molecule has 2 atom stereocenters. The Morgan fingerprint density at radius 3 is 2.72 bits per heavy atom. The van der Waals surface area contributed by atoms with Gasteiger partial charge in [0.25, 0.3) is 5.91 Å². The number of para-hydroxylation sites is 1. The summed E-state index contributed by atoms with van der Waals surface area (Å²) in [6.45, 7) is 0.888. The molecule has 2 N–H and O–H groups in total. The van der Waals surface area contributed by atoms with Gasteiger partial charge in [-0.2, -0.15) is 0 Å². The number of nitrogens with two attached hydrogens (primary N) is 1. The third kappa shape index (κ3) is 3.72. The minimum atomic E-state index is -0.772. The van der Waals surface area contributed by atoms with E-state index in [1.807, 2.05) is 6.07 Å². The predicted molar refractivity (Wildman–Crippen MR) is 103 cm³/mol. The summed E-state index contributed by atoms with van der Waals surface area (Å²) in [5.74, 6) is -1.37. The lowest BCUT2D eigenvalue weighted by Gasteiger charge is -2.38. The third-order valence-corrected chi connectivity index (χ3v) is 5.61. The number of fused-ring (bicyclic) bond motifs is 1. The monoisotopic (exact) mass is 396 g/mol. The van der Waals surface area contributed by atoms with Crippen molar-refractivity contribution in [3.05, 3.63) is 65.0 Å². The highest BCUT2D eigenvalue weighted by molar-refractivity contribution is 6.00. The summed E-state index contributed by atoms with van der Waals surface area (Å²) < 4.78 is 20.4. The van der Waals surface area contributed by atoms with E-state index in [2.05, 4.69) is 0 Å². The SMILES string of the molecule is NC(=O)c1ccc(C(=O)N2CCC[C@H]([C@H]3CC(=O)c4ccccc4O3)C2)c(F)c1. The van der Waals surface area contributed by atoms with Crippen LogP contribution in [0.2, 0.25) is 0 Å². The van der Waals surface area contributed by atoms with Crippen LogP contribution in [0, 0.1) is 11.7 Å². The first-order valence-electron chi connectivity index (χ1n) is 9.61. The van der Waals surface area contributed by atoms with Gasteiger partial charge in [-0.15, -0.1) is 0 Å². The van der Waals surface area contributed by atoms with Gasteiger partial charge in [0, 0.05) is 31.0 Å². The Hall–Kier alpha value is -3.22. The molecule has 0 saturated carbocycles. The lowest BCUT2D eigenvalue weighted by Crippen LogP contribution is -2.46. The fraction of sp³-hybridized carbons (Fsp3) is 0.318. The van der Waals surface area contributed by atoms with Crippen molar-refractivity contribution in [1.29, 1.82) is 0 Å². The van der Waals surface area contributed by atoms with Crippen molar-refractivity contribution < 1.29 is 23.5 Å². The van der Waals surface area contributed by atoms with Gasteiger partial charge in [0.1, 0.15) is 17.7 Å². The van der Waals surface area contributed by atoms with Gasteiger partial charge < -0.3 is 15.4 Å². The van der Waals surface area contributed by atoms with Crippen molar-refractivity contribution >= 4 is 17.6 Å². The van der Waals surface area contributed by atoms with Crippen molar-refractivity contribution in [2.75, 3.05) is 13.1 Å². The number of likely N-dealkylation sites (tertiary alicyclic amines) is 1. The smallest absolute Gasteiger partial charge is 0.256 e. The molecular weight excluding hydrogens is 375 g/mol. The second-order valence-electron chi connectivity index (χ2n) is 7.49. The van der Waals surface area contributed by atoms with Crippen LogP contribution in [0.3, 0.4) is 0 Å². The van der Waals surface area contributed by atoms with Gasteiger partial charge in [-0.05, 0) is 43.2 Å². The number of halogens is 1. The summed E-state index contributed by atoms with van der Waals surface area (Å²) in [5.41, 5.74) is 5.66. The molecule has 0 bridgehead atoms. The lowest BCUT2D eigenvalue weighted by molar-refractivity contribution is 0.0406. The van der Waals surface area contributed by atoms with Crippen LogP contribution in [0.1, 0.15) is 50.3 Å². The number of rotatable bonds is 3. The Kier molecular flexibility index (Phi) is 5.05. The topological polar surface area (TPSA) is 89.7 Å². The average Bonchev–Trinajstić information content (AvgIpc) is 2.73. The number of amides is 2. The molecule has 0 spiro atoms. The molecule has 2 amide bonds. The van der Waals surface area contributed by atoms with E-state index in [0.717, 1.165) is 18.9 Å². The molecule has 4 rings (SSSR count). The molecule has 0 aromatic heterocycles. The first kappa shape index (κ1) is 19.1. The van der Waals surface area contributed by atoms with Gasteiger partial charge in [0.2, 0.25) is 5.91 Å². The summed E-state index contributed by atoms with van der Waals surface area (Å²) in [5, 5.41) is 0. The van der Waals surface area contributed by atoms with Crippen molar-refractivity contribution in [3.8, 4) is 5.75 Å². The van der Waals surface area contributed by atoms with Crippen LogP contribution in [0.4, 0.5) is 4.39 Å². The minimum Gasteiger partial charge on any atom is -0.489 e. The molecule has 1 fully saturated rings. The van der Waals surface area contributed by atoms with E-state index < -0.39 is 17.6 Å². The molecule has 29 heavy (non-hydrogen) atoms. The Labute approximate surface area is 167 Å². The fourth-order valence-electron chi connectivity index (χ4n) is 4.07. The van der Waals surface area contributed by atoms with E-state index in [4.69, 9.17) is 10.5 Å². The number of hydrogen-bond acceptors (Lipinski definition) is 4. The van der Waals surface area contributed by atoms with Crippen molar-refractivity contribution in [1.82, 2.24) is 4.90 Å². The van der Waals surface area contributed by atoms with Crippen LogP contribution in [-0.4, -0.2) is 41.7 Å². The van der Waals surface area contributed by atoms with Crippen LogP contribution in [0.5, 0.6) is 5.75 Å².